The standard InChI is InChI=1S/C21H23N3O2S/c1-4-16-9-11-17(12-10-16)13-24(3)19(25)14-27-21-23-22-20(26-21)18-8-6-5-7-15(18)2/h5-12H,4,13-14H2,1-3H3. The molecule has 0 fully saturated rings. The van der Waals surface area contributed by atoms with Crippen LogP contribution < -0.4 is 0 Å². The Morgan fingerprint density at radius 1 is 1.07 bits per heavy atom. The maximum Gasteiger partial charge on any atom is 0.277 e. The van der Waals surface area contributed by atoms with Gasteiger partial charge in [0.2, 0.25) is 11.8 Å². The number of carbonyl (C=O) groups is 1. The van der Waals surface area contributed by atoms with Crippen molar-refractivity contribution in [3.63, 3.8) is 0 Å². The molecule has 0 saturated carbocycles. The maximum atomic E-state index is 12.4. The van der Waals surface area contributed by atoms with Crippen LogP contribution in [-0.4, -0.2) is 33.8 Å². The number of amides is 1. The Morgan fingerprint density at radius 2 is 1.78 bits per heavy atom. The summed E-state index contributed by atoms with van der Waals surface area (Å²) in [6, 6.07) is 16.2. The summed E-state index contributed by atoms with van der Waals surface area (Å²) in [5.74, 6) is 0.765. The van der Waals surface area contributed by atoms with Gasteiger partial charge < -0.3 is 9.32 Å². The molecule has 140 valence electrons. The summed E-state index contributed by atoms with van der Waals surface area (Å²) >= 11 is 1.26. The van der Waals surface area contributed by atoms with Crippen LogP contribution in [0.25, 0.3) is 11.5 Å². The molecule has 3 rings (SSSR count). The third-order valence-electron chi connectivity index (χ3n) is 4.38. The third-order valence-corrected chi connectivity index (χ3v) is 5.18. The highest BCUT2D eigenvalue weighted by Crippen LogP contribution is 2.25. The number of benzene rings is 2. The van der Waals surface area contributed by atoms with Crippen LogP contribution in [0.4, 0.5) is 0 Å². The van der Waals surface area contributed by atoms with E-state index in [2.05, 4.69) is 41.4 Å². The van der Waals surface area contributed by atoms with Crippen molar-refractivity contribution >= 4 is 17.7 Å². The first kappa shape index (κ1) is 19.2. The Balaban J connectivity index is 1.55. The molecule has 0 aliphatic heterocycles. The Bertz CT molecular complexity index is 906. The van der Waals surface area contributed by atoms with Gasteiger partial charge in [-0.05, 0) is 36.1 Å². The van der Waals surface area contributed by atoms with Crippen molar-refractivity contribution in [2.45, 2.75) is 32.0 Å². The highest BCUT2D eigenvalue weighted by atomic mass is 32.2. The van der Waals surface area contributed by atoms with Crippen LogP contribution in [0.5, 0.6) is 0 Å². The number of thioether (sulfide) groups is 1. The van der Waals surface area contributed by atoms with Gasteiger partial charge in [0.25, 0.3) is 5.22 Å². The summed E-state index contributed by atoms with van der Waals surface area (Å²) in [6.45, 7) is 4.71. The van der Waals surface area contributed by atoms with Crippen molar-refractivity contribution < 1.29 is 9.21 Å². The van der Waals surface area contributed by atoms with Crippen molar-refractivity contribution in [1.29, 1.82) is 0 Å². The molecule has 27 heavy (non-hydrogen) atoms. The fraction of sp³-hybridized carbons (Fsp3) is 0.286. The zero-order valence-electron chi connectivity index (χ0n) is 15.8. The molecule has 5 nitrogen and oxygen atoms in total. The van der Waals surface area contributed by atoms with Crippen LogP contribution in [0.1, 0.15) is 23.6 Å². The molecule has 2 aromatic carbocycles. The molecule has 0 spiro atoms. The number of hydrogen-bond donors (Lipinski definition) is 0. The Labute approximate surface area is 163 Å². The van der Waals surface area contributed by atoms with Crippen molar-refractivity contribution in [2.24, 2.45) is 0 Å². The lowest BCUT2D eigenvalue weighted by molar-refractivity contribution is -0.127. The van der Waals surface area contributed by atoms with Crippen LogP contribution in [0.15, 0.2) is 58.2 Å². The molecule has 6 heteroatoms. The van der Waals surface area contributed by atoms with Gasteiger partial charge in [-0.25, -0.2) is 0 Å². The SMILES string of the molecule is CCc1ccc(CN(C)C(=O)CSc2nnc(-c3ccccc3C)o2)cc1. The van der Waals surface area contributed by atoms with E-state index in [1.54, 1.807) is 4.90 Å². The molecular formula is C21H23N3O2S. The smallest absolute Gasteiger partial charge is 0.277 e. The van der Waals surface area contributed by atoms with Gasteiger partial charge in [-0.15, -0.1) is 10.2 Å². The minimum absolute atomic E-state index is 0.0233. The van der Waals surface area contributed by atoms with E-state index in [-0.39, 0.29) is 11.7 Å². The first-order valence-electron chi connectivity index (χ1n) is 8.91. The van der Waals surface area contributed by atoms with Gasteiger partial charge in [-0.2, -0.15) is 0 Å². The quantitative estimate of drug-likeness (QED) is 0.569. The number of aromatic nitrogens is 2. The van der Waals surface area contributed by atoms with E-state index in [9.17, 15) is 4.79 Å². The lowest BCUT2D eigenvalue weighted by Gasteiger charge is -2.16. The fourth-order valence-electron chi connectivity index (χ4n) is 2.67. The van der Waals surface area contributed by atoms with Gasteiger partial charge in [0, 0.05) is 19.2 Å². The molecule has 0 aliphatic carbocycles. The predicted octanol–water partition coefficient (Wildman–Crippen LogP) is 4.36. The highest BCUT2D eigenvalue weighted by molar-refractivity contribution is 7.99. The molecule has 1 aromatic heterocycles. The van der Waals surface area contributed by atoms with Gasteiger partial charge in [-0.1, -0.05) is 61.2 Å². The predicted molar refractivity (Wildman–Crippen MR) is 107 cm³/mol. The van der Waals surface area contributed by atoms with Crippen molar-refractivity contribution in [3.05, 3.63) is 65.2 Å². The number of rotatable bonds is 7. The normalized spacial score (nSPS) is 10.8. The molecule has 1 amide bonds. The van der Waals surface area contributed by atoms with E-state index in [1.165, 1.54) is 17.3 Å². The van der Waals surface area contributed by atoms with Gasteiger partial charge in [0.1, 0.15) is 0 Å². The van der Waals surface area contributed by atoms with E-state index < -0.39 is 0 Å². The molecular weight excluding hydrogens is 358 g/mol. The minimum atomic E-state index is 0.0233. The zero-order valence-corrected chi connectivity index (χ0v) is 16.6. The first-order chi connectivity index (χ1) is 13.1. The lowest BCUT2D eigenvalue weighted by atomic mass is 10.1. The van der Waals surface area contributed by atoms with Gasteiger partial charge in [0.15, 0.2) is 0 Å². The molecule has 1 heterocycles. The topological polar surface area (TPSA) is 59.2 Å². The minimum Gasteiger partial charge on any atom is -0.411 e. The van der Waals surface area contributed by atoms with Crippen LogP contribution >= 0.6 is 11.8 Å². The molecule has 0 unspecified atom stereocenters. The molecule has 0 aliphatic rings. The lowest BCUT2D eigenvalue weighted by Crippen LogP contribution is -2.27. The second-order valence-electron chi connectivity index (χ2n) is 6.40. The van der Waals surface area contributed by atoms with Crippen molar-refractivity contribution in [3.8, 4) is 11.5 Å². The van der Waals surface area contributed by atoms with Crippen molar-refractivity contribution in [2.75, 3.05) is 12.8 Å². The van der Waals surface area contributed by atoms with E-state index in [4.69, 9.17) is 4.42 Å². The van der Waals surface area contributed by atoms with Gasteiger partial charge >= 0.3 is 0 Å². The Kier molecular flexibility index (Phi) is 6.29. The van der Waals surface area contributed by atoms with E-state index in [1.807, 2.05) is 38.2 Å². The van der Waals surface area contributed by atoms with Crippen LogP contribution in [0.3, 0.4) is 0 Å². The largest absolute Gasteiger partial charge is 0.411 e. The molecule has 0 N–H and O–H groups in total. The van der Waals surface area contributed by atoms with Crippen molar-refractivity contribution in [1.82, 2.24) is 15.1 Å². The molecule has 0 bridgehead atoms. The average Bonchev–Trinajstić information content (AvgIpc) is 3.15. The summed E-state index contributed by atoms with van der Waals surface area (Å²) in [4.78, 5) is 14.1. The molecule has 0 radical (unpaired) electrons. The molecule has 0 atom stereocenters. The number of nitrogens with zero attached hydrogens (tertiary/aromatic N) is 3. The summed E-state index contributed by atoms with van der Waals surface area (Å²) in [5.41, 5.74) is 4.40. The van der Waals surface area contributed by atoms with Crippen LogP contribution in [-0.2, 0) is 17.8 Å². The van der Waals surface area contributed by atoms with Gasteiger partial charge in [0.05, 0.1) is 5.75 Å². The number of hydrogen-bond acceptors (Lipinski definition) is 5. The average molecular weight is 382 g/mol. The summed E-state index contributed by atoms with van der Waals surface area (Å²) < 4.78 is 5.69. The summed E-state index contributed by atoms with van der Waals surface area (Å²) in [5, 5.41) is 8.54. The zero-order chi connectivity index (χ0) is 19.2. The second-order valence-corrected chi connectivity index (χ2v) is 7.32. The monoisotopic (exact) mass is 381 g/mol. The summed E-state index contributed by atoms with van der Waals surface area (Å²) in [7, 11) is 1.81. The van der Waals surface area contributed by atoms with E-state index in [0.717, 1.165) is 23.1 Å². The Morgan fingerprint density at radius 3 is 2.48 bits per heavy atom. The fourth-order valence-corrected chi connectivity index (χ4v) is 3.37. The van der Waals surface area contributed by atoms with Gasteiger partial charge in [-0.3, -0.25) is 4.79 Å². The van der Waals surface area contributed by atoms with E-state index >= 15 is 0 Å². The number of carbonyl (C=O) groups excluding carboxylic acids is 1. The highest BCUT2D eigenvalue weighted by Gasteiger charge is 2.15. The van der Waals surface area contributed by atoms with E-state index in [0.29, 0.717) is 17.7 Å². The summed E-state index contributed by atoms with van der Waals surface area (Å²) in [6.07, 6.45) is 1.01. The first-order valence-corrected chi connectivity index (χ1v) is 9.89. The van der Waals surface area contributed by atoms with Crippen LogP contribution in [0, 0.1) is 6.92 Å². The maximum absolute atomic E-state index is 12.4. The third kappa shape index (κ3) is 4.98. The Hall–Kier alpha value is -2.60. The number of aryl methyl sites for hydroxylation is 2. The molecule has 0 saturated heterocycles. The molecule has 3 aromatic rings. The van der Waals surface area contributed by atoms with Crippen LogP contribution in [0.2, 0.25) is 0 Å². The second kappa shape index (κ2) is 8.86.